The lowest BCUT2D eigenvalue weighted by atomic mass is 9.99. The molecule has 2 aromatic rings. The Labute approximate surface area is 189 Å². The van der Waals surface area contributed by atoms with E-state index >= 15 is 0 Å². The highest BCUT2D eigenvalue weighted by molar-refractivity contribution is 7.89. The lowest BCUT2D eigenvalue weighted by molar-refractivity contribution is -0.00454. The van der Waals surface area contributed by atoms with E-state index in [9.17, 15) is 22.0 Å². The molecule has 172 valence electrons. The Kier molecular flexibility index (Phi) is 5.99. The normalized spacial score (nSPS) is 22.6. The second-order valence-corrected chi connectivity index (χ2v) is 10.1. The van der Waals surface area contributed by atoms with Crippen LogP contribution < -0.4 is 14.8 Å². The summed E-state index contributed by atoms with van der Waals surface area (Å²) in [5.74, 6) is -3.28. The Bertz CT molecular complexity index is 1150. The predicted molar refractivity (Wildman–Crippen MR) is 114 cm³/mol. The zero-order chi connectivity index (χ0) is 23.1. The van der Waals surface area contributed by atoms with Gasteiger partial charge in [-0.25, -0.2) is 31.7 Å². The molecule has 0 unspecified atom stereocenters. The molecule has 32 heavy (non-hydrogen) atoms. The Morgan fingerprint density at radius 1 is 1.34 bits per heavy atom. The number of pyridine rings is 1. The summed E-state index contributed by atoms with van der Waals surface area (Å²) in [5.41, 5.74) is 0.995. The van der Waals surface area contributed by atoms with Crippen molar-refractivity contribution in [1.82, 2.24) is 19.9 Å². The molecular formula is C20H21ClF2N4O4S. The van der Waals surface area contributed by atoms with Gasteiger partial charge in [0.05, 0.1) is 30.6 Å². The zero-order valence-corrected chi connectivity index (χ0v) is 18.6. The number of fused-ring (bicyclic) bond motifs is 5. The predicted octanol–water partition coefficient (Wildman–Crippen LogP) is 2.92. The van der Waals surface area contributed by atoms with Crippen LogP contribution in [0, 0.1) is 0 Å². The van der Waals surface area contributed by atoms with Crippen LogP contribution in [0.5, 0.6) is 11.6 Å². The van der Waals surface area contributed by atoms with Gasteiger partial charge in [0.2, 0.25) is 15.9 Å². The Balaban J connectivity index is 1.76. The molecule has 4 rings (SSSR count). The Morgan fingerprint density at radius 2 is 2.12 bits per heavy atom. The van der Waals surface area contributed by atoms with Gasteiger partial charge in [-0.3, -0.25) is 0 Å². The van der Waals surface area contributed by atoms with E-state index in [1.807, 2.05) is 0 Å². The maximum absolute atomic E-state index is 14.9. The highest BCUT2D eigenvalue weighted by Gasteiger charge is 2.57. The number of aromatic nitrogens is 1. The number of hydrogen-bond acceptors (Lipinski definition) is 5. The van der Waals surface area contributed by atoms with Crippen LogP contribution in [0.4, 0.5) is 13.6 Å². The van der Waals surface area contributed by atoms with Crippen molar-refractivity contribution in [3.63, 3.8) is 0 Å². The number of urea groups is 1. The van der Waals surface area contributed by atoms with Crippen molar-refractivity contribution in [2.24, 2.45) is 0 Å². The number of nitrogens with zero attached hydrogens (tertiary/aromatic N) is 2. The minimum Gasteiger partial charge on any atom is -0.438 e. The molecule has 1 aromatic carbocycles. The van der Waals surface area contributed by atoms with Crippen molar-refractivity contribution in [2.45, 2.75) is 37.9 Å². The number of sulfonamides is 1. The minimum absolute atomic E-state index is 0.0180. The van der Waals surface area contributed by atoms with Crippen molar-refractivity contribution in [3.05, 3.63) is 52.7 Å². The molecule has 0 spiro atoms. The molecule has 2 atom stereocenters. The first-order valence-electron chi connectivity index (χ1n) is 9.92. The Morgan fingerprint density at radius 3 is 2.88 bits per heavy atom. The number of benzene rings is 1. The average molecular weight is 487 g/mol. The summed E-state index contributed by atoms with van der Waals surface area (Å²) >= 11 is 6.17. The molecule has 2 aliphatic heterocycles. The quantitative estimate of drug-likeness (QED) is 0.694. The number of halogens is 3. The highest BCUT2D eigenvalue weighted by atomic mass is 35.5. The van der Waals surface area contributed by atoms with Gasteiger partial charge in [0.15, 0.2) is 0 Å². The molecule has 0 saturated carbocycles. The third kappa shape index (κ3) is 4.64. The smallest absolute Gasteiger partial charge is 0.318 e. The van der Waals surface area contributed by atoms with E-state index in [0.29, 0.717) is 17.0 Å². The van der Waals surface area contributed by atoms with Gasteiger partial charge in [0.1, 0.15) is 16.8 Å². The highest BCUT2D eigenvalue weighted by Crippen LogP contribution is 2.36. The van der Waals surface area contributed by atoms with E-state index in [-0.39, 0.29) is 29.6 Å². The first-order chi connectivity index (χ1) is 15.1. The number of amides is 2. The number of hydrogen-bond donors (Lipinski definition) is 2. The van der Waals surface area contributed by atoms with Gasteiger partial charge in [-0.1, -0.05) is 23.7 Å². The van der Waals surface area contributed by atoms with Crippen LogP contribution in [0.25, 0.3) is 0 Å². The molecular weight excluding hydrogens is 466 g/mol. The summed E-state index contributed by atoms with van der Waals surface area (Å²) < 4.78 is 62.0. The fourth-order valence-electron chi connectivity index (χ4n) is 3.78. The van der Waals surface area contributed by atoms with Crippen molar-refractivity contribution >= 4 is 27.7 Å². The van der Waals surface area contributed by atoms with Gasteiger partial charge in [-0.2, -0.15) is 0 Å². The lowest BCUT2D eigenvalue weighted by Crippen LogP contribution is -2.53. The largest absolute Gasteiger partial charge is 0.438 e. The van der Waals surface area contributed by atoms with Gasteiger partial charge in [-0.15, -0.1) is 0 Å². The number of carbonyl (C=O) groups is 1. The number of nitrogens with one attached hydrogen (secondary N) is 2. The fraction of sp³-hybridized carbons (Fsp3) is 0.400. The Hall–Kier alpha value is -2.50. The molecule has 2 amide bonds. The second kappa shape index (κ2) is 8.45. The monoisotopic (exact) mass is 486 g/mol. The number of ether oxygens (including phenoxy) is 1. The van der Waals surface area contributed by atoms with E-state index in [1.54, 1.807) is 36.4 Å². The summed E-state index contributed by atoms with van der Waals surface area (Å²) in [4.78, 5) is 18.1. The molecule has 4 bridgehead atoms. The maximum Gasteiger partial charge on any atom is 0.318 e. The summed E-state index contributed by atoms with van der Waals surface area (Å²) in [7, 11) is -3.95. The minimum atomic E-state index is -3.95. The number of rotatable bonds is 3. The van der Waals surface area contributed by atoms with Crippen LogP contribution in [0.15, 0.2) is 36.4 Å². The molecule has 2 N–H and O–H groups in total. The molecule has 3 heterocycles. The summed E-state index contributed by atoms with van der Waals surface area (Å²) in [6, 6.07) is 6.15. The second-order valence-electron chi connectivity index (χ2n) is 7.66. The molecule has 8 nitrogen and oxygen atoms in total. The van der Waals surface area contributed by atoms with Gasteiger partial charge < -0.3 is 15.0 Å². The van der Waals surface area contributed by atoms with E-state index in [2.05, 4.69) is 15.0 Å². The van der Waals surface area contributed by atoms with Crippen LogP contribution >= 0.6 is 11.6 Å². The van der Waals surface area contributed by atoms with E-state index in [1.165, 1.54) is 6.92 Å². The van der Waals surface area contributed by atoms with Crippen LogP contribution in [0.2, 0.25) is 5.02 Å². The van der Waals surface area contributed by atoms with Gasteiger partial charge in [0.25, 0.3) is 5.92 Å². The van der Waals surface area contributed by atoms with Crippen molar-refractivity contribution in [2.75, 3.05) is 12.3 Å². The van der Waals surface area contributed by atoms with Gasteiger partial charge in [0, 0.05) is 0 Å². The van der Waals surface area contributed by atoms with Crippen molar-refractivity contribution in [3.8, 4) is 11.6 Å². The SMILES string of the molecule is CCS(=O)(=O)N[C@H]1[C@H]2Cc3cccc(c3)Oc3nc(ccc3Cl)CNC(=O)N2CC1(F)F. The van der Waals surface area contributed by atoms with Crippen LogP contribution in [0.3, 0.4) is 0 Å². The van der Waals surface area contributed by atoms with Gasteiger partial charge in [-0.05, 0) is 43.2 Å². The average Bonchev–Trinajstić information content (AvgIpc) is 2.98. The van der Waals surface area contributed by atoms with Crippen LogP contribution in [0.1, 0.15) is 18.2 Å². The number of carbonyl (C=O) groups excluding carboxylic acids is 1. The van der Waals surface area contributed by atoms with Crippen molar-refractivity contribution in [1.29, 1.82) is 0 Å². The first kappa shape index (κ1) is 22.7. The van der Waals surface area contributed by atoms with Crippen LogP contribution in [-0.2, 0) is 23.0 Å². The number of alkyl halides is 2. The van der Waals surface area contributed by atoms with Crippen LogP contribution in [-0.4, -0.2) is 54.6 Å². The molecule has 1 saturated heterocycles. The third-order valence-corrected chi connectivity index (χ3v) is 7.08. The standard InChI is InChI=1S/C20H21ClF2N4O4S/c1-2-32(29,30)26-17-16-9-12-4-3-5-14(8-12)31-18-15(21)7-6-13(25-18)10-24-19(28)27(16)11-20(17,22)23/h3-8,16-17,26H,2,9-11H2,1H3,(H,24,28)/t16-,17+/m1/s1. The molecule has 0 radical (unpaired) electrons. The fourth-order valence-corrected chi connectivity index (χ4v) is 4.81. The van der Waals surface area contributed by atoms with Crippen molar-refractivity contribution < 1.29 is 26.7 Å². The van der Waals surface area contributed by atoms with E-state index < -0.39 is 40.6 Å². The van der Waals surface area contributed by atoms with E-state index in [0.717, 1.165) is 4.90 Å². The summed E-state index contributed by atoms with van der Waals surface area (Å²) in [6.07, 6.45) is -0.0180. The molecule has 1 fully saturated rings. The molecule has 0 aliphatic carbocycles. The summed E-state index contributed by atoms with van der Waals surface area (Å²) in [6.45, 7) is 0.386. The summed E-state index contributed by atoms with van der Waals surface area (Å²) in [5, 5.41) is 2.85. The third-order valence-electron chi connectivity index (χ3n) is 5.42. The lowest BCUT2D eigenvalue weighted by Gasteiger charge is -2.28. The molecule has 2 aliphatic rings. The van der Waals surface area contributed by atoms with Gasteiger partial charge >= 0.3 is 6.03 Å². The molecule has 12 heteroatoms. The topological polar surface area (TPSA) is 101 Å². The first-order valence-corrected chi connectivity index (χ1v) is 12.0. The molecule has 1 aromatic heterocycles. The maximum atomic E-state index is 14.9. The van der Waals surface area contributed by atoms with E-state index in [4.69, 9.17) is 16.3 Å². The zero-order valence-electron chi connectivity index (χ0n) is 17.0.